The number of hydrogen-bond acceptors (Lipinski definition) is 3. The summed E-state index contributed by atoms with van der Waals surface area (Å²) in [6.45, 7) is 1.44. The summed E-state index contributed by atoms with van der Waals surface area (Å²) in [6.07, 6.45) is 2.28. The Morgan fingerprint density at radius 1 is 1.50 bits per heavy atom. The number of nitrogens with two attached hydrogens (primary N) is 1. The first-order valence-electron chi connectivity index (χ1n) is 6.89. The Balaban J connectivity index is 1.77. The molecule has 1 aliphatic heterocycles. The number of aromatic amines is 1. The van der Waals surface area contributed by atoms with Gasteiger partial charge in [0.15, 0.2) is 0 Å². The fraction of sp³-hybridized carbons (Fsp3) is 0.400. The van der Waals surface area contributed by atoms with E-state index < -0.39 is 0 Å². The lowest BCUT2D eigenvalue weighted by atomic mass is 10.2. The molecule has 3 rings (SSSR count). The Morgan fingerprint density at radius 2 is 2.35 bits per heavy atom. The number of nitrogens with one attached hydrogen (secondary N) is 1. The highest BCUT2D eigenvalue weighted by Crippen LogP contribution is 2.20. The van der Waals surface area contributed by atoms with E-state index in [9.17, 15) is 4.79 Å². The van der Waals surface area contributed by atoms with E-state index in [1.807, 2.05) is 31.3 Å². The van der Waals surface area contributed by atoms with Crippen LogP contribution in [0.5, 0.6) is 0 Å². The zero-order valence-corrected chi connectivity index (χ0v) is 11.6. The number of carbonyl (C=O) groups is 1. The van der Waals surface area contributed by atoms with Gasteiger partial charge in [-0.1, -0.05) is 0 Å². The summed E-state index contributed by atoms with van der Waals surface area (Å²) >= 11 is 0. The van der Waals surface area contributed by atoms with Crippen molar-refractivity contribution in [2.24, 2.45) is 0 Å². The zero-order chi connectivity index (χ0) is 14.1. The number of H-pyrrole nitrogens is 1. The second-order valence-corrected chi connectivity index (χ2v) is 5.35. The van der Waals surface area contributed by atoms with Crippen LogP contribution in [0.3, 0.4) is 0 Å². The number of ether oxygens (including phenoxy) is 1. The normalized spacial score (nSPS) is 18.6. The van der Waals surface area contributed by atoms with Crippen molar-refractivity contribution in [1.29, 1.82) is 0 Å². The molecule has 0 aliphatic carbocycles. The molecule has 5 heteroatoms. The molecule has 0 radical (unpaired) electrons. The minimum absolute atomic E-state index is 0.0183. The molecule has 0 saturated carbocycles. The van der Waals surface area contributed by atoms with Crippen molar-refractivity contribution in [2.45, 2.75) is 18.9 Å². The first-order chi connectivity index (χ1) is 9.63. The van der Waals surface area contributed by atoms with Crippen LogP contribution in [0.4, 0.5) is 5.69 Å². The summed E-state index contributed by atoms with van der Waals surface area (Å²) in [5.41, 5.74) is 7.96. The van der Waals surface area contributed by atoms with Gasteiger partial charge in [-0.2, -0.15) is 0 Å². The third-order valence-electron chi connectivity index (χ3n) is 3.72. The van der Waals surface area contributed by atoms with Gasteiger partial charge in [0.25, 0.3) is 5.91 Å². The molecule has 1 aliphatic rings. The Morgan fingerprint density at radius 3 is 3.10 bits per heavy atom. The molecule has 106 valence electrons. The number of nitrogens with zero attached hydrogens (tertiary/aromatic N) is 1. The third kappa shape index (κ3) is 2.49. The molecule has 1 amide bonds. The van der Waals surface area contributed by atoms with Gasteiger partial charge >= 0.3 is 0 Å². The van der Waals surface area contributed by atoms with Crippen molar-refractivity contribution < 1.29 is 9.53 Å². The second kappa shape index (κ2) is 5.17. The van der Waals surface area contributed by atoms with Crippen LogP contribution in [0, 0.1) is 0 Å². The summed E-state index contributed by atoms with van der Waals surface area (Å²) in [6, 6.07) is 7.42. The smallest absolute Gasteiger partial charge is 0.270 e. The molecule has 1 aromatic carbocycles. The van der Waals surface area contributed by atoms with Crippen LogP contribution in [0.15, 0.2) is 24.3 Å². The van der Waals surface area contributed by atoms with E-state index in [0.717, 1.165) is 30.4 Å². The third-order valence-corrected chi connectivity index (χ3v) is 3.72. The van der Waals surface area contributed by atoms with Crippen molar-refractivity contribution in [3.05, 3.63) is 30.0 Å². The number of anilines is 1. The quantitative estimate of drug-likeness (QED) is 0.840. The standard InChI is InChI=1S/C15H19N3O2/c1-18(9-12-3-2-6-20-12)15(19)14-8-10-7-11(16)4-5-13(10)17-14/h4-5,7-8,12,17H,2-3,6,9,16H2,1H3. The highest BCUT2D eigenvalue weighted by atomic mass is 16.5. The Labute approximate surface area is 117 Å². The lowest BCUT2D eigenvalue weighted by Gasteiger charge is -2.20. The number of fused-ring (bicyclic) bond motifs is 1. The van der Waals surface area contributed by atoms with Gasteiger partial charge in [-0.05, 0) is 37.1 Å². The molecule has 20 heavy (non-hydrogen) atoms. The van der Waals surface area contributed by atoms with E-state index in [0.29, 0.717) is 17.9 Å². The van der Waals surface area contributed by atoms with Gasteiger partial charge < -0.3 is 20.4 Å². The molecule has 2 heterocycles. The van der Waals surface area contributed by atoms with E-state index in [4.69, 9.17) is 10.5 Å². The van der Waals surface area contributed by atoms with Crippen LogP contribution >= 0.6 is 0 Å². The van der Waals surface area contributed by atoms with Gasteiger partial charge in [0.05, 0.1) is 6.10 Å². The maximum absolute atomic E-state index is 12.4. The van der Waals surface area contributed by atoms with Crippen LogP contribution in [-0.2, 0) is 4.74 Å². The molecule has 3 N–H and O–H groups in total. The molecule has 2 aromatic rings. The van der Waals surface area contributed by atoms with E-state index in [2.05, 4.69) is 4.98 Å². The van der Waals surface area contributed by atoms with E-state index in [1.165, 1.54) is 0 Å². The van der Waals surface area contributed by atoms with Crippen LogP contribution in [0.2, 0.25) is 0 Å². The number of likely N-dealkylation sites (N-methyl/N-ethyl adjacent to an activating group) is 1. The SMILES string of the molecule is CN(CC1CCCO1)C(=O)c1cc2cc(N)ccc2[nH]1. The summed E-state index contributed by atoms with van der Waals surface area (Å²) < 4.78 is 5.56. The van der Waals surface area contributed by atoms with Gasteiger partial charge in [-0.25, -0.2) is 0 Å². The van der Waals surface area contributed by atoms with Gasteiger partial charge in [0.2, 0.25) is 0 Å². The summed E-state index contributed by atoms with van der Waals surface area (Å²) in [5, 5.41) is 0.957. The summed E-state index contributed by atoms with van der Waals surface area (Å²) in [7, 11) is 1.81. The van der Waals surface area contributed by atoms with Crippen LogP contribution in [-0.4, -0.2) is 42.1 Å². The lowest BCUT2D eigenvalue weighted by molar-refractivity contribution is 0.0583. The highest BCUT2D eigenvalue weighted by molar-refractivity contribution is 5.98. The van der Waals surface area contributed by atoms with Crippen LogP contribution < -0.4 is 5.73 Å². The molecule has 0 bridgehead atoms. The zero-order valence-electron chi connectivity index (χ0n) is 11.6. The topological polar surface area (TPSA) is 71.3 Å². The molecule has 1 fully saturated rings. The number of amides is 1. The molecule has 1 unspecified atom stereocenters. The number of nitrogen functional groups attached to an aromatic ring is 1. The van der Waals surface area contributed by atoms with Gasteiger partial charge in [-0.15, -0.1) is 0 Å². The predicted octanol–water partition coefficient (Wildman–Crippen LogP) is 2.00. The van der Waals surface area contributed by atoms with E-state index >= 15 is 0 Å². The van der Waals surface area contributed by atoms with Gasteiger partial charge in [0, 0.05) is 36.8 Å². The molecule has 1 atom stereocenters. The van der Waals surface area contributed by atoms with Gasteiger partial charge in [0.1, 0.15) is 5.69 Å². The number of aromatic nitrogens is 1. The van der Waals surface area contributed by atoms with Crippen molar-refractivity contribution in [2.75, 3.05) is 25.9 Å². The van der Waals surface area contributed by atoms with Crippen molar-refractivity contribution in [1.82, 2.24) is 9.88 Å². The van der Waals surface area contributed by atoms with E-state index in [1.54, 1.807) is 4.90 Å². The summed E-state index contributed by atoms with van der Waals surface area (Å²) in [4.78, 5) is 17.2. The lowest BCUT2D eigenvalue weighted by Crippen LogP contribution is -2.34. The number of rotatable bonds is 3. The Hall–Kier alpha value is -2.01. The van der Waals surface area contributed by atoms with Gasteiger partial charge in [-0.3, -0.25) is 4.79 Å². The second-order valence-electron chi connectivity index (χ2n) is 5.35. The average molecular weight is 273 g/mol. The molecule has 0 spiro atoms. The van der Waals surface area contributed by atoms with E-state index in [-0.39, 0.29) is 12.0 Å². The first-order valence-corrected chi connectivity index (χ1v) is 6.89. The largest absolute Gasteiger partial charge is 0.399 e. The number of carbonyl (C=O) groups excluding carboxylic acids is 1. The highest BCUT2D eigenvalue weighted by Gasteiger charge is 2.21. The average Bonchev–Trinajstić information content (AvgIpc) is 3.06. The molecule has 1 saturated heterocycles. The number of benzene rings is 1. The fourth-order valence-electron chi connectivity index (χ4n) is 2.65. The molecule has 1 aromatic heterocycles. The predicted molar refractivity (Wildman–Crippen MR) is 78.6 cm³/mol. The minimum atomic E-state index is -0.0183. The van der Waals surface area contributed by atoms with Crippen molar-refractivity contribution in [3.63, 3.8) is 0 Å². The van der Waals surface area contributed by atoms with Crippen LogP contribution in [0.1, 0.15) is 23.3 Å². The summed E-state index contributed by atoms with van der Waals surface area (Å²) in [5.74, 6) is -0.0183. The fourth-order valence-corrected chi connectivity index (χ4v) is 2.65. The number of hydrogen-bond donors (Lipinski definition) is 2. The first kappa shape index (κ1) is 13.0. The molecular formula is C15H19N3O2. The maximum atomic E-state index is 12.4. The Bertz CT molecular complexity index is 629. The van der Waals surface area contributed by atoms with Crippen molar-refractivity contribution in [3.8, 4) is 0 Å². The Kier molecular flexibility index (Phi) is 3.36. The minimum Gasteiger partial charge on any atom is -0.399 e. The maximum Gasteiger partial charge on any atom is 0.270 e. The molecular weight excluding hydrogens is 254 g/mol. The van der Waals surface area contributed by atoms with Crippen molar-refractivity contribution >= 4 is 22.5 Å². The molecule has 5 nitrogen and oxygen atoms in total. The van der Waals surface area contributed by atoms with Crippen LogP contribution in [0.25, 0.3) is 10.9 Å². The monoisotopic (exact) mass is 273 g/mol.